The lowest BCUT2D eigenvalue weighted by atomic mass is 10.1. The van der Waals surface area contributed by atoms with Gasteiger partial charge in [0.1, 0.15) is 0 Å². The first-order chi connectivity index (χ1) is 6.52. The Balaban J connectivity index is 3.67. The Morgan fingerprint density at radius 3 is 2.07 bits per heavy atom. The largest absolute Gasteiger partial charge is 0.100 e. The molecule has 0 aromatic heterocycles. The molecule has 0 aliphatic heterocycles. The molecule has 0 aliphatic rings. The minimum absolute atomic E-state index is 1.11. The molecule has 0 nitrogen and oxygen atoms in total. The van der Waals surface area contributed by atoms with Crippen LogP contribution in [0.5, 0.6) is 0 Å². The van der Waals surface area contributed by atoms with Crippen LogP contribution in [0.3, 0.4) is 0 Å². The Morgan fingerprint density at radius 1 is 1.00 bits per heavy atom. The van der Waals surface area contributed by atoms with E-state index in [0.717, 1.165) is 25.7 Å². The molecule has 79 valence electrons. The van der Waals surface area contributed by atoms with Crippen molar-refractivity contribution in [3.05, 3.63) is 42.4 Å². The van der Waals surface area contributed by atoms with Crippen LogP contribution in [-0.2, 0) is 0 Å². The summed E-state index contributed by atoms with van der Waals surface area (Å²) >= 11 is 0. The van der Waals surface area contributed by atoms with Crippen molar-refractivity contribution in [1.82, 2.24) is 0 Å². The Labute approximate surface area is 89.4 Å². The smallest absolute Gasteiger partial charge is 0.0286 e. The zero-order valence-electron chi connectivity index (χ0n) is 9.90. The highest BCUT2D eigenvalue weighted by Crippen LogP contribution is 2.10. The van der Waals surface area contributed by atoms with E-state index in [1.807, 2.05) is 6.92 Å². The summed E-state index contributed by atoms with van der Waals surface area (Å²) in [6.07, 6.45) is 9.03. The summed E-state index contributed by atoms with van der Waals surface area (Å²) in [5.41, 5.74) is 3.91. The second kappa shape index (κ2) is 7.61. The second-order valence-electron chi connectivity index (χ2n) is 4.14. The van der Waals surface area contributed by atoms with Crippen LogP contribution in [0.1, 0.15) is 46.5 Å². The van der Waals surface area contributed by atoms with E-state index in [1.54, 1.807) is 0 Å². The van der Waals surface area contributed by atoms with E-state index in [2.05, 4.69) is 39.5 Å². The summed E-state index contributed by atoms with van der Waals surface area (Å²) < 4.78 is 0. The third-order valence-corrected chi connectivity index (χ3v) is 2.10. The maximum absolute atomic E-state index is 3.89. The average molecular weight is 191 g/mol. The molecule has 0 aromatic rings. The van der Waals surface area contributed by atoms with Crippen LogP contribution >= 0.6 is 0 Å². The van der Waals surface area contributed by atoms with E-state index < -0.39 is 0 Å². The summed E-state index contributed by atoms with van der Waals surface area (Å²) in [7, 11) is 0. The fourth-order valence-corrected chi connectivity index (χ4v) is 1.21. The topological polar surface area (TPSA) is 0 Å². The predicted octanol–water partition coefficient (Wildman–Crippen LogP) is 4.85. The van der Waals surface area contributed by atoms with Crippen molar-refractivity contribution in [2.45, 2.75) is 46.5 Å². The highest BCUT2D eigenvalue weighted by atomic mass is 14.0. The molecule has 0 saturated carbocycles. The molecule has 0 aliphatic carbocycles. The van der Waals surface area contributed by atoms with Gasteiger partial charge in [-0.15, -0.1) is 6.58 Å². The van der Waals surface area contributed by atoms with Gasteiger partial charge in [-0.05, 0) is 53.4 Å². The maximum Gasteiger partial charge on any atom is -0.0286 e. The summed E-state index contributed by atoms with van der Waals surface area (Å²) in [6, 6.07) is 0. The van der Waals surface area contributed by atoms with Gasteiger partial charge in [-0.25, -0.2) is 0 Å². The minimum Gasteiger partial charge on any atom is -0.100 e. The maximum atomic E-state index is 3.89. The molecular weight excluding hydrogens is 168 g/mol. The van der Waals surface area contributed by atoms with Crippen molar-refractivity contribution < 1.29 is 0 Å². The molecule has 0 saturated heterocycles. The molecule has 0 fully saturated rings. The first kappa shape index (κ1) is 13.2. The summed E-state index contributed by atoms with van der Waals surface area (Å²) in [4.78, 5) is 0. The molecule has 0 spiro atoms. The third kappa shape index (κ3) is 9.31. The fraction of sp³-hybridized carbons (Fsp3) is 0.500. The van der Waals surface area contributed by atoms with Gasteiger partial charge in [0, 0.05) is 0 Å². The number of hydrogen-bond acceptors (Lipinski definition) is 0. The average Bonchev–Trinajstić information content (AvgIpc) is 2.02. The van der Waals surface area contributed by atoms with E-state index in [0.29, 0.717) is 0 Å². The normalized spacial score (nSPS) is 13.1. The van der Waals surface area contributed by atoms with Gasteiger partial charge >= 0.3 is 0 Å². The Bertz CT molecular complexity index is 224. The Morgan fingerprint density at radius 2 is 1.57 bits per heavy atom. The van der Waals surface area contributed by atoms with E-state index in [4.69, 9.17) is 0 Å². The quantitative estimate of drug-likeness (QED) is 0.526. The van der Waals surface area contributed by atoms with Crippen molar-refractivity contribution >= 4 is 0 Å². The van der Waals surface area contributed by atoms with E-state index >= 15 is 0 Å². The van der Waals surface area contributed by atoms with Gasteiger partial charge in [0.15, 0.2) is 0 Å². The molecule has 0 atom stereocenters. The van der Waals surface area contributed by atoms with Crippen LogP contribution in [0.4, 0.5) is 0 Å². The molecule has 0 amide bonds. The molecular formula is C14H23. The summed E-state index contributed by atoms with van der Waals surface area (Å²) in [6.45, 7) is 14.1. The van der Waals surface area contributed by atoms with Gasteiger partial charge < -0.3 is 0 Å². The molecule has 14 heavy (non-hydrogen) atoms. The standard InChI is InChI=1S/C14H23/c1-12(2)8-6-10-14(5)11-7-9-13(3)4/h8,11H,1,3,6-7,9-10H2,2,4-5H3. The zero-order valence-corrected chi connectivity index (χ0v) is 9.90. The molecule has 0 rings (SSSR count). The van der Waals surface area contributed by atoms with Gasteiger partial charge in [0.25, 0.3) is 0 Å². The van der Waals surface area contributed by atoms with Crippen LogP contribution in [0.25, 0.3) is 0 Å². The van der Waals surface area contributed by atoms with E-state index in [-0.39, 0.29) is 0 Å². The molecule has 0 heterocycles. The van der Waals surface area contributed by atoms with E-state index in [9.17, 15) is 0 Å². The van der Waals surface area contributed by atoms with Crippen LogP contribution in [0.2, 0.25) is 0 Å². The van der Waals surface area contributed by atoms with E-state index in [1.165, 1.54) is 16.7 Å². The summed E-state index contributed by atoms with van der Waals surface area (Å²) in [5.74, 6) is 0. The van der Waals surface area contributed by atoms with Crippen molar-refractivity contribution in [2.24, 2.45) is 0 Å². The van der Waals surface area contributed by atoms with Crippen LogP contribution in [0, 0.1) is 6.92 Å². The Hall–Kier alpha value is -0.780. The van der Waals surface area contributed by atoms with Crippen molar-refractivity contribution in [3.63, 3.8) is 0 Å². The molecule has 1 radical (unpaired) electrons. The number of hydrogen-bond donors (Lipinski definition) is 0. The predicted molar refractivity (Wildman–Crippen MR) is 66.2 cm³/mol. The SMILES string of the molecule is [CH2]C(C)=CCCC(C)=CCCC(=C)C. The van der Waals surface area contributed by atoms with Gasteiger partial charge in [0.2, 0.25) is 0 Å². The van der Waals surface area contributed by atoms with Gasteiger partial charge in [0.05, 0.1) is 0 Å². The van der Waals surface area contributed by atoms with Crippen LogP contribution in [0.15, 0.2) is 35.5 Å². The van der Waals surface area contributed by atoms with Crippen molar-refractivity contribution in [3.8, 4) is 0 Å². The highest BCUT2D eigenvalue weighted by Gasteiger charge is 1.89. The zero-order chi connectivity index (χ0) is 11.0. The molecule has 0 aromatic carbocycles. The van der Waals surface area contributed by atoms with Gasteiger partial charge in [-0.2, -0.15) is 0 Å². The molecule has 0 bridgehead atoms. The molecule has 0 N–H and O–H groups in total. The Kier molecular flexibility index (Phi) is 7.18. The van der Waals surface area contributed by atoms with Crippen molar-refractivity contribution in [2.75, 3.05) is 0 Å². The fourth-order valence-electron chi connectivity index (χ4n) is 1.21. The minimum atomic E-state index is 1.11. The monoisotopic (exact) mass is 191 g/mol. The first-order valence-electron chi connectivity index (χ1n) is 5.31. The number of allylic oxidation sites excluding steroid dienone is 5. The number of rotatable bonds is 6. The van der Waals surface area contributed by atoms with Crippen LogP contribution in [-0.4, -0.2) is 0 Å². The summed E-state index contributed by atoms with van der Waals surface area (Å²) in [5, 5.41) is 0. The molecule has 0 unspecified atom stereocenters. The first-order valence-corrected chi connectivity index (χ1v) is 5.31. The lowest BCUT2D eigenvalue weighted by Crippen LogP contribution is -1.79. The van der Waals surface area contributed by atoms with Gasteiger partial charge in [-0.1, -0.05) is 28.9 Å². The third-order valence-electron chi connectivity index (χ3n) is 2.10. The van der Waals surface area contributed by atoms with Gasteiger partial charge in [-0.3, -0.25) is 0 Å². The lowest BCUT2D eigenvalue weighted by molar-refractivity contribution is 0.922. The van der Waals surface area contributed by atoms with Crippen LogP contribution < -0.4 is 0 Å². The highest BCUT2D eigenvalue weighted by molar-refractivity contribution is 5.05. The lowest BCUT2D eigenvalue weighted by Gasteiger charge is -1.99. The second-order valence-corrected chi connectivity index (χ2v) is 4.14. The van der Waals surface area contributed by atoms with Crippen molar-refractivity contribution in [1.29, 1.82) is 0 Å². The molecule has 0 heteroatoms.